The lowest BCUT2D eigenvalue weighted by Crippen LogP contribution is -2.50. The highest BCUT2D eigenvalue weighted by atomic mass is 35.5. The third-order valence-corrected chi connectivity index (χ3v) is 6.03. The quantitative estimate of drug-likeness (QED) is 0.672. The third kappa shape index (κ3) is 3.32. The Morgan fingerprint density at radius 3 is 3.03 bits per heavy atom. The van der Waals surface area contributed by atoms with Gasteiger partial charge < -0.3 is 15.2 Å². The number of pyridine rings is 2. The number of rotatable bonds is 3. The van der Waals surface area contributed by atoms with Crippen LogP contribution < -0.4 is 16.2 Å². The molecule has 9 heteroatoms. The number of nitrogens with one attached hydrogen (secondary N) is 2. The van der Waals surface area contributed by atoms with Crippen LogP contribution in [0.15, 0.2) is 41.5 Å². The Morgan fingerprint density at radius 2 is 2.17 bits per heavy atom. The van der Waals surface area contributed by atoms with Crippen molar-refractivity contribution >= 4 is 29.3 Å². The molecule has 2 N–H and O–H groups in total. The first-order valence-electron chi connectivity index (χ1n) is 9.60. The van der Waals surface area contributed by atoms with Crippen LogP contribution in [0.5, 0.6) is 0 Å². The minimum atomic E-state index is -0.188. The van der Waals surface area contributed by atoms with Gasteiger partial charge in [0, 0.05) is 50.6 Å². The van der Waals surface area contributed by atoms with Crippen LogP contribution in [0.2, 0.25) is 0 Å². The van der Waals surface area contributed by atoms with Crippen molar-refractivity contribution in [1.82, 2.24) is 30.0 Å². The molecule has 8 nitrogen and oxygen atoms in total. The normalized spacial score (nSPS) is 22.6. The van der Waals surface area contributed by atoms with Gasteiger partial charge in [-0.15, -0.1) is 12.4 Å². The van der Waals surface area contributed by atoms with Crippen LogP contribution in [0.4, 0.5) is 0 Å². The summed E-state index contributed by atoms with van der Waals surface area (Å²) < 4.78 is 3.59. The van der Waals surface area contributed by atoms with Crippen LogP contribution in [-0.2, 0) is 7.05 Å². The van der Waals surface area contributed by atoms with Gasteiger partial charge in [0.15, 0.2) is 0 Å². The first-order chi connectivity index (χ1) is 13.6. The molecule has 0 aromatic carbocycles. The molecule has 2 aliphatic rings. The summed E-state index contributed by atoms with van der Waals surface area (Å²) in [6.07, 6.45) is 4.28. The topological polar surface area (TPSA) is 93.8 Å². The molecule has 2 bridgehead atoms. The minimum absolute atomic E-state index is 0. The Kier molecular flexibility index (Phi) is 5.14. The van der Waals surface area contributed by atoms with Crippen LogP contribution in [0, 0.1) is 5.92 Å². The predicted octanol–water partition coefficient (Wildman–Crippen LogP) is 1.23. The molecule has 3 atom stereocenters. The summed E-state index contributed by atoms with van der Waals surface area (Å²) >= 11 is 0. The molecule has 0 unspecified atom stereocenters. The van der Waals surface area contributed by atoms with Crippen molar-refractivity contribution in [3.05, 3.63) is 58.3 Å². The van der Waals surface area contributed by atoms with Crippen LogP contribution in [0.3, 0.4) is 0 Å². The first kappa shape index (κ1) is 19.6. The molecule has 0 spiro atoms. The summed E-state index contributed by atoms with van der Waals surface area (Å²) in [6.45, 7) is 2.17. The number of carbonyl (C=O) groups is 1. The molecule has 5 rings (SSSR count). The lowest BCUT2D eigenvalue weighted by Gasteiger charge is -2.43. The van der Waals surface area contributed by atoms with Crippen molar-refractivity contribution in [1.29, 1.82) is 0 Å². The largest absolute Gasteiger partial charge is 0.350 e. The summed E-state index contributed by atoms with van der Waals surface area (Å²) in [6, 6.07) is 7.21. The van der Waals surface area contributed by atoms with E-state index in [4.69, 9.17) is 0 Å². The maximum atomic E-state index is 12.8. The average molecular weight is 415 g/mol. The number of aryl methyl sites for hydroxylation is 1. The van der Waals surface area contributed by atoms with Gasteiger partial charge in [0.1, 0.15) is 5.52 Å². The first-order valence-corrected chi connectivity index (χ1v) is 9.60. The van der Waals surface area contributed by atoms with E-state index < -0.39 is 0 Å². The van der Waals surface area contributed by atoms with Crippen LogP contribution in [0.25, 0.3) is 11.0 Å². The maximum absolute atomic E-state index is 12.8. The van der Waals surface area contributed by atoms with Gasteiger partial charge in [-0.05, 0) is 24.5 Å². The van der Waals surface area contributed by atoms with Crippen LogP contribution >= 0.6 is 12.4 Å². The number of fused-ring (bicyclic) bond motifs is 5. The third-order valence-electron chi connectivity index (χ3n) is 6.03. The Hall–Kier alpha value is -2.71. The lowest BCUT2D eigenvalue weighted by molar-refractivity contribution is 0.0932. The van der Waals surface area contributed by atoms with Crippen molar-refractivity contribution in [3.63, 3.8) is 0 Å². The molecule has 0 aliphatic carbocycles. The number of hydrogen-bond acceptors (Lipinski definition) is 5. The van der Waals surface area contributed by atoms with Crippen molar-refractivity contribution < 1.29 is 4.79 Å². The van der Waals surface area contributed by atoms with Crippen molar-refractivity contribution in [2.45, 2.75) is 18.4 Å². The van der Waals surface area contributed by atoms with Gasteiger partial charge in [0.25, 0.3) is 11.5 Å². The molecule has 3 aromatic heterocycles. The van der Waals surface area contributed by atoms with E-state index in [1.54, 1.807) is 29.2 Å². The molecule has 1 saturated heterocycles. The highest BCUT2D eigenvalue weighted by molar-refractivity contribution is 5.96. The number of hydrogen-bond donors (Lipinski definition) is 2. The molecule has 2 aliphatic heterocycles. The van der Waals surface area contributed by atoms with Gasteiger partial charge in [0.05, 0.1) is 23.3 Å². The van der Waals surface area contributed by atoms with E-state index in [-0.39, 0.29) is 29.9 Å². The number of piperidine rings is 1. The van der Waals surface area contributed by atoms with E-state index in [1.807, 2.05) is 23.7 Å². The fraction of sp³-hybridized carbons (Fsp3) is 0.400. The highest BCUT2D eigenvalue weighted by Crippen LogP contribution is 2.38. The molecule has 1 amide bonds. The van der Waals surface area contributed by atoms with E-state index >= 15 is 0 Å². The molecule has 1 fully saturated rings. The fourth-order valence-corrected chi connectivity index (χ4v) is 4.62. The summed E-state index contributed by atoms with van der Waals surface area (Å²) in [7, 11) is 1.82. The molecular formula is C20H23ClN6O2. The van der Waals surface area contributed by atoms with Gasteiger partial charge in [-0.3, -0.25) is 19.3 Å². The smallest absolute Gasteiger partial charge is 0.252 e. The highest BCUT2D eigenvalue weighted by Gasteiger charge is 2.37. The van der Waals surface area contributed by atoms with Gasteiger partial charge in [-0.1, -0.05) is 6.07 Å². The van der Waals surface area contributed by atoms with Crippen molar-refractivity contribution in [3.8, 4) is 0 Å². The summed E-state index contributed by atoms with van der Waals surface area (Å²) in [5, 5.41) is 10.7. The maximum Gasteiger partial charge on any atom is 0.252 e. The Bertz CT molecular complexity index is 1120. The molecular weight excluding hydrogens is 392 g/mol. The standard InChI is InChI=1S/C20H22N6O2.ClH/c1-25-17-6-14(9-22-15(17)10-24-25)20(28)23-11-18-13-5-12(7-21-8-13)16-3-2-4-19(27)26(16)18;/h2-4,6,9-10,12-13,18,21H,5,7-8,11H2,1H3,(H,23,28);1H/t12-,13+,18+;/m1./s1. The zero-order valence-corrected chi connectivity index (χ0v) is 16.9. The number of amides is 1. The number of carbonyl (C=O) groups excluding carboxylic acids is 1. The minimum Gasteiger partial charge on any atom is -0.350 e. The second-order valence-corrected chi connectivity index (χ2v) is 7.68. The van der Waals surface area contributed by atoms with Crippen molar-refractivity contribution in [2.24, 2.45) is 13.0 Å². The Labute approximate surface area is 173 Å². The molecule has 152 valence electrons. The Balaban J connectivity index is 0.00000205. The monoisotopic (exact) mass is 414 g/mol. The van der Waals surface area contributed by atoms with Gasteiger partial charge >= 0.3 is 0 Å². The molecule has 0 radical (unpaired) electrons. The lowest BCUT2D eigenvalue weighted by atomic mass is 9.79. The van der Waals surface area contributed by atoms with Gasteiger partial charge in [-0.2, -0.15) is 5.10 Å². The molecule has 3 aromatic rings. The predicted molar refractivity (Wildman–Crippen MR) is 112 cm³/mol. The zero-order chi connectivity index (χ0) is 19.3. The number of nitrogens with zero attached hydrogens (tertiary/aromatic N) is 4. The van der Waals surface area contributed by atoms with E-state index in [1.165, 1.54) is 0 Å². The summed E-state index contributed by atoms with van der Waals surface area (Å²) in [4.78, 5) is 29.6. The van der Waals surface area contributed by atoms with E-state index in [0.717, 1.165) is 36.2 Å². The van der Waals surface area contributed by atoms with Gasteiger partial charge in [-0.25, -0.2) is 0 Å². The number of aromatic nitrogens is 4. The SMILES string of the molecule is Cl.Cn1ncc2ncc(C(=O)NC[C@H]3[C@@H]4CNC[C@@H](C4)c4cccc(=O)n43)cc21. The molecule has 5 heterocycles. The second-order valence-electron chi connectivity index (χ2n) is 7.68. The van der Waals surface area contributed by atoms with Gasteiger partial charge in [0.2, 0.25) is 0 Å². The van der Waals surface area contributed by atoms with Crippen LogP contribution in [-0.4, -0.2) is 44.9 Å². The van der Waals surface area contributed by atoms with Crippen molar-refractivity contribution in [2.75, 3.05) is 19.6 Å². The van der Waals surface area contributed by atoms with E-state index in [9.17, 15) is 9.59 Å². The molecule has 0 saturated carbocycles. The number of halogens is 1. The second kappa shape index (κ2) is 7.61. The fourth-order valence-electron chi connectivity index (χ4n) is 4.62. The zero-order valence-electron chi connectivity index (χ0n) is 16.0. The Morgan fingerprint density at radius 1 is 1.31 bits per heavy atom. The summed E-state index contributed by atoms with van der Waals surface area (Å²) in [5.41, 5.74) is 3.13. The van der Waals surface area contributed by atoms with E-state index in [2.05, 4.69) is 20.7 Å². The average Bonchev–Trinajstić information content (AvgIpc) is 3.09. The molecule has 29 heavy (non-hydrogen) atoms. The van der Waals surface area contributed by atoms with E-state index in [0.29, 0.717) is 23.9 Å². The summed E-state index contributed by atoms with van der Waals surface area (Å²) in [5.74, 6) is 0.493. The van der Waals surface area contributed by atoms with Crippen LogP contribution in [0.1, 0.15) is 34.4 Å².